The van der Waals surface area contributed by atoms with Crippen LogP contribution in [0, 0.1) is 0 Å². The summed E-state index contributed by atoms with van der Waals surface area (Å²) in [4.78, 5) is 40.2. The van der Waals surface area contributed by atoms with Crippen molar-refractivity contribution < 1.29 is 14.3 Å². The molecular weight excluding hydrogens is 404 g/mol. The van der Waals surface area contributed by atoms with Crippen molar-refractivity contribution in [2.24, 2.45) is 0 Å². The van der Waals surface area contributed by atoms with E-state index in [-0.39, 0.29) is 24.5 Å². The molecule has 1 aromatic carbocycles. The molecule has 0 radical (unpaired) electrons. The number of hydrogen-bond acceptors (Lipinski definition) is 7. The van der Waals surface area contributed by atoms with Gasteiger partial charge < -0.3 is 10.1 Å². The summed E-state index contributed by atoms with van der Waals surface area (Å²) in [5.41, 5.74) is 2.82. The Labute approximate surface area is 177 Å². The molecule has 3 aromatic rings. The zero-order valence-corrected chi connectivity index (χ0v) is 17.6. The average Bonchev–Trinajstić information content (AvgIpc) is 3.16. The lowest BCUT2D eigenvalue weighted by Crippen LogP contribution is -2.29. The van der Waals surface area contributed by atoms with Crippen molar-refractivity contribution in [2.45, 2.75) is 33.2 Å². The minimum Gasteiger partial charge on any atom is -0.466 e. The molecule has 3 rings (SSSR count). The zero-order chi connectivity index (χ0) is 21.5. The van der Waals surface area contributed by atoms with Crippen LogP contribution in [0.2, 0.25) is 0 Å². The number of aromatic nitrogens is 3. The molecule has 8 nitrogen and oxygen atoms in total. The highest BCUT2D eigenvalue weighted by atomic mass is 32.1. The third-order valence-corrected chi connectivity index (χ3v) is 5.05. The predicted octanol–water partition coefficient (Wildman–Crippen LogP) is 2.67. The van der Waals surface area contributed by atoms with E-state index in [0.29, 0.717) is 23.1 Å². The predicted molar refractivity (Wildman–Crippen MR) is 114 cm³/mol. The van der Waals surface area contributed by atoms with E-state index in [1.807, 2.05) is 24.3 Å². The fourth-order valence-corrected chi connectivity index (χ4v) is 3.45. The van der Waals surface area contributed by atoms with E-state index in [4.69, 9.17) is 4.74 Å². The lowest BCUT2D eigenvalue weighted by Gasteiger charge is -2.07. The van der Waals surface area contributed by atoms with Gasteiger partial charge in [-0.15, -0.1) is 11.3 Å². The summed E-state index contributed by atoms with van der Waals surface area (Å²) in [6.07, 6.45) is 0.978. The third-order valence-electron chi connectivity index (χ3n) is 4.25. The van der Waals surface area contributed by atoms with Crippen LogP contribution < -0.4 is 10.9 Å². The molecule has 0 aliphatic rings. The number of thiazole rings is 1. The number of carbonyl (C=O) groups is 2. The molecule has 2 aromatic heterocycles. The summed E-state index contributed by atoms with van der Waals surface area (Å²) in [7, 11) is 0. The Hall–Kier alpha value is -3.33. The number of nitrogens with zero attached hydrogens (tertiary/aromatic N) is 3. The summed E-state index contributed by atoms with van der Waals surface area (Å²) in [6.45, 7) is 3.87. The van der Waals surface area contributed by atoms with E-state index in [1.54, 1.807) is 18.4 Å². The molecule has 1 amide bonds. The molecule has 0 aliphatic heterocycles. The van der Waals surface area contributed by atoms with Crippen LogP contribution in [0.25, 0.3) is 11.3 Å². The number of anilines is 1. The highest BCUT2D eigenvalue weighted by Crippen LogP contribution is 2.17. The molecule has 30 heavy (non-hydrogen) atoms. The maximum absolute atomic E-state index is 12.4. The first-order chi connectivity index (χ1) is 14.5. The Kier molecular flexibility index (Phi) is 7.08. The fraction of sp³-hybridized carbons (Fsp3) is 0.286. The van der Waals surface area contributed by atoms with Gasteiger partial charge in [0.15, 0.2) is 5.13 Å². The summed E-state index contributed by atoms with van der Waals surface area (Å²) >= 11 is 1.20. The number of rotatable bonds is 8. The molecule has 2 heterocycles. The molecule has 0 spiro atoms. The molecule has 0 fully saturated rings. The van der Waals surface area contributed by atoms with Crippen LogP contribution in [0.4, 0.5) is 5.13 Å². The van der Waals surface area contributed by atoms with Crippen molar-refractivity contribution in [3.63, 3.8) is 0 Å². The van der Waals surface area contributed by atoms with Crippen molar-refractivity contribution in [3.8, 4) is 11.3 Å². The van der Waals surface area contributed by atoms with E-state index >= 15 is 0 Å². The van der Waals surface area contributed by atoms with Gasteiger partial charge >= 0.3 is 5.97 Å². The van der Waals surface area contributed by atoms with Crippen molar-refractivity contribution in [2.75, 3.05) is 11.9 Å². The van der Waals surface area contributed by atoms with Crippen molar-refractivity contribution in [1.29, 1.82) is 0 Å². The number of aryl methyl sites for hydroxylation is 1. The summed E-state index contributed by atoms with van der Waals surface area (Å²) in [5, 5.41) is 8.97. The highest BCUT2D eigenvalue weighted by molar-refractivity contribution is 7.13. The van der Waals surface area contributed by atoms with Gasteiger partial charge in [-0.25, -0.2) is 9.67 Å². The van der Waals surface area contributed by atoms with E-state index in [9.17, 15) is 14.4 Å². The maximum Gasteiger partial charge on any atom is 0.311 e. The van der Waals surface area contributed by atoms with Gasteiger partial charge in [-0.2, -0.15) is 5.10 Å². The Morgan fingerprint density at radius 2 is 1.90 bits per heavy atom. The minimum absolute atomic E-state index is 0.0418. The number of nitrogens with one attached hydrogen (secondary N) is 1. The van der Waals surface area contributed by atoms with E-state index < -0.39 is 5.91 Å². The highest BCUT2D eigenvalue weighted by Gasteiger charge is 2.12. The first-order valence-corrected chi connectivity index (χ1v) is 10.4. The second-order valence-electron chi connectivity index (χ2n) is 6.44. The standard InChI is InChI=1S/C21H22N4O4S/c1-3-14-5-7-15(8-6-14)17-9-10-19(27)25(24-17)12-18(26)23-21-22-16(13-30-21)11-20(28)29-4-2/h5-10,13H,3-4,11-12H2,1-2H3,(H,22,23,26). The number of hydrogen-bond donors (Lipinski definition) is 1. The normalized spacial score (nSPS) is 10.6. The van der Waals surface area contributed by atoms with Gasteiger partial charge in [-0.3, -0.25) is 14.4 Å². The van der Waals surface area contributed by atoms with Gasteiger partial charge in [0, 0.05) is 17.0 Å². The molecule has 9 heteroatoms. The van der Waals surface area contributed by atoms with Gasteiger partial charge in [-0.05, 0) is 25.0 Å². The van der Waals surface area contributed by atoms with Crippen LogP contribution in [0.1, 0.15) is 25.1 Å². The number of benzene rings is 1. The van der Waals surface area contributed by atoms with Gasteiger partial charge in [0.25, 0.3) is 5.56 Å². The van der Waals surface area contributed by atoms with E-state index in [1.165, 1.54) is 23.0 Å². The Bertz CT molecular complexity index is 1090. The van der Waals surface area contributed by atoms with Crippen molar-refractivity contribution in [3.05, 3.63) is 63.4 Å². The maximum atomic E-state index is 12.4. The van der Waals surface area contributed by atoms with Crippen molar-refractivity contribution >= 4 is 28.3 Å². The molecule has 0 aliphatic carbocycles. The molecule has 0 atom stereocenters. The Morgan fingerprint density at radius 1 is 1.13 bits per heavy atom. The first-order valence-electron chi connectivity index (χ1n) is 9.55. The lowest BCUT2D eigenvalue weighted by molar-refractivity contribution is -0.142. The van der Waals surface area contributed by atoms with Crippen LogP contribution in [0.3, 0.4) is 0 Å². The molecule has 0 saturated heterocycles. The van der Waals surface area contributed by atoms with Crippen LogP contribution in [0.15, 0.2) is 46.6 Å². The molecule has 0 bridgehead atoms. The van der Waals surface area contributed by atoms with Crippen molar-refractivity contribution in [1.82, 2.24) is 14.8 Å². The molecule has 1 N–H and O–H groups in total. The average molecular weight is 426 g/mol. The SMILES string of the molecule is CCOC(=O)Cc1csc(NC(=O)Cn2nc(-c3ccc(CC)cc3)ccc2=O)n1. The Morgan fingerprint density at radius 3 is 2.60 bits per heavy atom. The van der Waals surface area contributed by atoms with Crippen LogP contribution in [-0.4, -0.2) is 33.2 Å². The Balaban J connectivity index is 1.67. The third kappa shape index (κ3) is 5.60. The van der Waals surface area contributed by atoms with Gasteiger partial charge in [0.1, 0.15) is 6.54 Å². The molecule has 0 unspecified atom stereocenters. The number of esters is 1. The van der Waals surface area contributed by atoms with Gasteiger partial charge in [0.05, 0.1) is 24.4 Å². The van der Waals surface area contributed by atoms with Gasteiger partial charge in [0.2, 0.25) is 5.91 Å². The minimum atomic E-state index is -0.430. The van der Waals surface area contributed by atoms with Crippen LogP contribution in [0.5, 0.6) is 0 Å². The largest absolute Gasteiger partial charge is 0.466 e. The number of amides is 1. The van der Waals surface area contributed by atoms with Crippen LogP contribution in [-0.2, 0) is 33.7 Å². The quantitative estimate of drug-likeness (QED) is 0.556. The van der Waals surface area contributed by atoms with E-state index in [0.717, 1.165) is 16.7 Å². The molecular formula is C21H22N4O4S. The summed E-state index contributed by atoms with van der Waals surface area (Å²) in [5.74, 6) is -0.805. The van der Waals surface area contributed by atoms with Crippen LogP contribution >= 0.6 is 11.3 Å². The van der Waals surface area contributed by atoms with Gasteiger partial charge in [-0.1, -0.05) is 31.2 Å². The monoisotopic (exact) mass is 426 g/mol. The molecule has 0 saturated carbocycles. The number of carbonyl (C=O) groups excluding carboxylic acids is 2. The second-order valence-corrected chi connectivity index (χ2v) is 7.30. The first kappa shape index (κ1) is 21.4. The lowest BCUT2D eigenvalue weighted by atomic mass is 10.1. The summed E-state index contributed by atoms with van der Waals surface area (Å²) < 4.78 is 6.00. The smallest absolute Gasteiger partial charge is 0.311 e. The fourth-order valence-electron chi connectivity index (χ4n) is 2.73. The topological polar surface area (TPSA) is 103 Å². The zero-order valence-electron chi connectivity index (χ0n) is 16.8. The van der Waals surface area contributed by atoms with E-state index in [2.05, 4.69) is 22.3 Å². The summed E-state index contributed by atoms with van der Waals surface area (Å²) in [6, 6.07) is 10.9. The molecule has 156 valence electrons. The number of ether oxygens (including phenoxy) is 1. The second kappa shape index (κ2) is 9.93.